The lowest BCUT2D eigenvalue weighted by Gasteiger charge is -2.40. The summed E-state index contributed by atoms with van der Waals surface area (Å²) in [6.45, 7) is 5.17. The Kier molecular flexibility index (Phi) is 5.16. The molecule has 118 valence electrons. The van der Waals surface area contributed by atoms with Crippen LogP contribution in [0.5, 0.6) is 0 Å². The summed E-state index contributed by atoms with van der Waals surface area (Å²) in [5, 5.41) is 11.7. The lowest BCUT2D eigenvalue weighted by atomic mass is 9.82. The topological polar surface area (TPSA) is 84.9 Å². The van der Waals surface area contributed by atoms with Crippen molar-refractivity contribution in [1.82, 2.24) is 5.32 Å². The van der Waals surface area contributed by atoms with Crippen molar-refractivity contribution in [2.45, 2.75) is 25.7 Å². The molecular weight excluding hydrogens is 286 g/mol. The molecule has 1 aromatic carbocycles. The first-order chi connectivity index (χ1) is 10.5. The fourth-order valence-corrected chi connectivity index (χ4v) is 2.31. The molecule has 0 aliphatic carbocycles. The highest BCUT2D eigenvalue weighted by molar-refractivity contribution is 5.88. The van der Waals surface area contributed by atoms with E-state index in [-0.39, 0.29) is 25.2 Å². The van der Waals surface area contributed by atoms with Crippen LogP contribution in [0.2, 0.25) is 0 Å². The van der Waals surface area contributed by atoms with Gasteiger partial charge in [0.25, 0.3) is 0 Å². The molecule has 1 amide bonds. The Hall–Kier alpha value is -2.34. The number of hydrogen-bond donors (Lipinski definition) is 2. The van der Waals surface area contributed by atoms with Crippen LogP contribution in [-0.4, -0.2) is 35.9 Å². The highest BCUT2D eigenvalue weighted by Gasteiger charge is 2.45. The minimum atomic E-state index is -0.829. The van der Waals surface area contributed by atoms with Gasteiger partial charge in [-0.25, -0.2) is 4.79 Å². The third kappa shape index (κ3) is 3.65. The van der Waals surface area contributed by atoms with Crippen LogP contribution in [0.15, 0.2) is 42.5 Å². The second-order valence-corrected chi connectivity index (χ2v) is 5.18. The van der Waals surface area contributed by atoms with Crippen LogP contribution >= 0.6 is 0 Å². The van der Waals surface area contributed by atoms with Gasteiger partial charge < -0.3 is 19.9 Å². The number of rotatable bonds is 6. The predicted octanol–water partition coefficient (Wildman–Crippen LogP) is 1.39. The molecular formula is C16H19NO5. The molecule has 1 saturated heterocycles. The van der Waals surface area contributed by atoms with E-state index in [0.717, 1.165) is 5.56 Å². The van der Waals surface area contributed by atoms with Gasteiger partial charge in [0.2, 0.25) is 5.91 Å². The number of β-lactam (4-membered cyclic amide) rings is 1. The van der Waals surface area contributed by atoms with Crippen LogP contribution in [-0.2, 0) is 20.9 Å². The summed E-state index contributed by atoms with van der Waals surface area (Å²) in [6.07, 6.45) is -1.49. The minimum absolute atomic E-state index is 0.107. The quantitative estimate of drug-likeness (QED) is 0.471. The smallest absolute Gasteiger partial charge is 0.430 e. The molecule has 0 bridgehead atoms. The number of benzene rings is 1. The summed E-state index contributed by atoms with van der Waals surface area (Å²) >= 11 is 0. The Morgan fingerprint density at radius 2 is 2.09 bits per heavy atom. The molecule has 1 heterocycles. The Balaban J connectivity index is 1.83. The van der Waals surface area contributed by atoms with Crippen molar-refractivity contribution in [2.75, 3.05) is 6.61 Å². The first-order valence-electron chi connectivity index (χ1n) is 6.99. The van der Waals surface area contributed by atoms with Crippen molar-refractivity contribution in [3.8, 4) is 0 Å². The molecule has 1 aliphatic rings. The highest BCUT2D eigenvalue weighted by Crippen LogP contribution is 2.26. The number of hydrogen-bond acceptors (Lipinski definition) is 5. The fraction of sp³-hybridized carbons (Fsp3) is 0.375. The van der Waals surface area contributed by atoms with Crippen molar-refractivity contribution >= 4 is 12.1 Å². The highest BCUT2D eigenvalue weighted by atomic mass is 16.7. The molecule has 22 heavy (non-hydrogen) atoms. The van der Waals surface area contributed by atoms with Crippen molar-refractivity contribution in [3.05, 3.63) is 48.0 Å². The Morgan fingerprint density at radius 3 is 2.68 bits per heavy atom. The largest absolute Gasteiger partial charge is 0.508 e. The van der Waals surface area contributed by atoms with Gasteiger partial charge in [0.15, 0.2) is 0 Å². The van der Waals surface area contributed by atoms with Gasteiger partial charge in [-0.3, -0.25) is 4.79 Å². The maximum absolute atomic E-state index is 11.7. The predicted molar refractivity (Wildman–Crippen MR) is 78.8 cm³/mol. The van der Waals surface area contributed by atoms with E-state index in [2.05, 4.69) is 11.9 Å². The first-order valence-corrected chi connectivity index (χ1v) is 6.99. The number of carbonyl (C=O) groups excluding carboxylic acids is 2. The number of ether oxygens (including phenoxy) is 2. The molecule has 0 radical (unpaired) electrons. The molecule has 2 N–H and O–H groups in total. The van der Waals surface area contributed by atoms with Crippen molar-refractivity contribution in [3.63, 3.8) is 0 Å². The lowest BCUT2D eigenvalue weighted by Crippen LogP contribution is -2.63. The molecule has 6 heteroatoms. The second kappa shape index (κ2) is 7.09. The molecule has 0 aromatic heterocycles. The normalized spacial score (nSPS) is 21.3. The molecule has 1 aliphatic heterocycles. The molecule has 0 spiro atoms. The zero-order valence-corrected chi connectivity index (χ0v) is 12.3. The van der Waals surface area contributed by atoms with Gasteiger partial charge in [-0.15, -0.1) is 0 Å². The molecule has 3 atom stereocenters. The number of nitrogens with one attached hydrogen (secondary N) is 1. The standard InChI is InChI=1S/C16H19NO5/c1-10(8-18)14-13(15(19)17-14)11(2)22-16(20)21-9-12-6-4-3-5-7-12/h3-7,11,13-14,18H,1,8-9H2,2H3,(H,17,19)/t11?,13-,14-/m1/s1. The zero-order chi connectivity index (χ0) is 16.1. The van der Waals surface area contributed by atoms with Gasteiger partial charge in [0, 0.05) is 0 Å². The van der Waals surface area contributed by atoms with Crippen molar-refractivity contribution < 1.29 is 24.2 Å². The van der Waals surface area contributed by atoms with E-state index in [4.69, 9.17) is 14.6 Å². The average molecular weight is 305 g/mol. The van der Waals surface area contributed by atoms with Gasteiger partial charge in [-0.1, -0.05) is 36.9 Å². The third-order valence-electron chi connectivity index (χ3n) is 3.59. The van der Waals surface area contributed by atoms with E-state index in [0.29, 0.717) is 5.57 Å². The Labute approximate surface area is 128 Å². The van der Waals surface area contributed by atoms with E-state index in [1.54, 1.807) is 6.92 Å². The molecule has 0 saturated carbocycles. The summed E-state index contributed by atoms with van der Waals surface area (Å²) in [4.78, 5) is 23.3. The van der Waals surface area contributed by atoms with Gasteiger partial charge in [-0.05, 0) is 18.1 Å². The van der Waals surface area contributed by atoms with E-state index in [1.807, 2.05) is 30.3 Å². The van der Waals surface area contributed by atoms with Crippen molar-refractivity contribution in [2.24, 2.45) is 5.92 Å². The van der Waals surface area contributed by atoms with Gasteiger partial charge >= 0.3 is 6.16 Å². The third-order valence-corrected chi connectivity index (χ3v) is 3.59. The number of amides is 1. The summed E-state index contributed by atoms with van der Waals surface area (Å²) in [5.41, 5.74) is 1.33. The van der Waals surface area contributed by atoms with Gasteiger partial charge in [0.05, 0.1) is 18.6 Å². The summed E-state index contributed by atoms with van der Waals surface area (Å²) in [5.74, 6) is -0.785. The second-order valence-electron chi connectivity index (χ2n) is 5.18. The van der Waals surface area contributed by atoms with Crippen molar-refractivity contribution in [1.29, 1.82) is 0 Å². The van der Waals surface area contributed by atoms with Crippen LogP contribution < -0.4 is 5.32 Å². The fourth-order valence-electron chi connectivity index (χ4n) is 2.31. The molecule has 1 aromatic rings. The Morgan fingerprint density at radius 1 is 1.41 bits per heavy atom. The number of aliphatic hydroxyl groups is 1. The maximum atomic E-state index is 11.7. The lowest BCUT2D eigenvalue weighted by molar-refractivity contribution is -0.140. The SMILES string of the molecule is C=C(CO)[C@H]1NC(=O)[C@@H]1C(C)OC(=O)OCc1ccccc1. The Bertz CT molecular complexity index is 557. The molecule has 2 rings (SSSR count). The van der Waals surface area contributed by atoms with Crippen LogP contribution in [0.25, 0.3) is 0 Å². The monoisotopic (exact) mass is 305 g/mol. The maximum Gasteiger partial charge on any atom is 0.508 e. The van der Waals surface area contributed by atoms with E-state index in [9.17, 15) is 9.59 Å². The molecule has 1 fully saturated rings. The average Bonchev–Trinajstić information content (AvgIpc) is 2.50. The first kappa shape index (κ1) is 16.0. The van der Waals surface area contributed by atoms with Gasteiger partial charge in [0.1, 0.15) is 12.7 Å². The van der Waals surface area contributed by atoms with Crippen LogP contribution in [0, 0.1) is 5.92 Å². The summed E-state index contributed by atoms with van der Waals surface area (Å²) in [6, 6.07) is 8.84. The van der Waals surface area contributed by atoms with E-state index in [1.165, 1.54) is 0 Å². The summed E-state index contributed by atoms with van der Waals surface area (Å²) in [7, 11) is 0. The van der Waals surface area contributed by atoms with Gasteiger partial charge in [-0.2, -0.15) is 0 Å². The number of aliphatic hydroxyl groups excluding tert-OH is 1. The molecule has 6 nitrogen and oxygen atoms in total. The van der Waals surface area contributed by atoms with Crippen LogP contribution in [0.4, 0.5) is 4.79 Å². The van der Waals surface area contributed by atoms with Crippen LogP contribution in [0.1, 0.15) is 12.5 Å². The zero-order valence-electron chi connectivity index (χ0n) is 12.3. The summed E-state index contributed by atoms with van der Waals surface area (Å²) < 4.78 is 10.1. The molecule has 1 unspecified atom stereocenters. The van der Waals surface area contributed by atoms with Crippen LogP contribution in [0.3, 0.4) is 0 Å². The van der Waals surface area contributed by atoms with E-state index < -0.39 is 18.2 Å². The number of carbonyl (C=O) groups is 2. The van der Waals surface area contributed by atoms with E-state index >= 15 is 0 Å². The minimum Gasteiger partial charge on any atom is -0.430 e.